The average molecular weight is 327 g/mol. The van der Waals surface area contributed by atoms with Crippen molar-refractivity contribution >= 4 is 21.8 Å². The molecule has 1 aliphatic carbocycles. The number of nitrogens with zero attached hydrogens (tertiary/aromatic N) is 4. The van der Waals surface area contributed by atoms with E-state index in [1.54, 1.807) is 0 Å². The number of hydrogen-bond acceptors (Lipinski definition) is 7. The molecule has 0 atom stereocenters. The van der Waals surface area contributed by atoms with Crippen molar-refractivity contribution < 1.29 is 13.5 Å². The first kappa shape index (κ1) is 15.4. The van der Waals surface area contributed by atoms with Gasteiger partial charge in [-0.1, -0.05) is 0 Å². The Balaban J connectivity index is 1.73. The van der Waals surface area contributed by atoms with E-state index in [2.05, 4.69) is 9.97 Å². The molecule has 1 aliphatic heterocycles. The van der Waals surface area contributed by atoms with Gasteiger partial charge in [0.1, 0.15) is 5.82 Å². The van der Waals surface area contributed by atoms with Gasteiger partial charge in [-0.15, -0.1) is 0 Å². The number of aliphatic hydroxyl groups is 1. The van der Waals surface area contributed by atoms with Crippen molar-refractivity contribution in [1.29, 1.82) is 0 Å². The van der Waals surface area contributed by atoms with Crippen molar-refractivity contribution in [2.45, 2.75) is 24.9 Å². The first-order valence-electron chi connectivity index (χ1n) is 7.35. The maximum absolute atomic E-state index is 11.5. The van der Waals surface area contributed by atoms with E-state index in [0.29, 0.717) is 39.0 Å². The molecule has 2 fully saturated rings. The van der Waals surface area contributed by atoms with Gasteiger partial charge in [-0.25, -0.2) is 13.4 Å². The molecule has 9 heteroatoms. The highest BCUT2D eigenvalue weighted by Crippen LogP contribution is 2.37. The molecule has 0 bridgehead atoms. The van der Waals surface area contributed by atoms with Gasteiger partial charge in [0.15, 0.2) is 0 Å². The fraction of sp³-hybridized carbons (Fsp3) is 0.692. The van der Waals surface area contributed by atoms with E-state index in [9.17, 15) is 13.5 Å². The van der Waals surface area contributed by atoms with Gasteiger partial charge in [-0.2, -0.15) is 9.29 Å². The second kappa shape index (κ2) is 5.64. The lowest BCUT2D eigenvalue weighted by Crippen LogP contribution is -2.48. The highest BCUT2D eigenvalue weighted by molar-refractivity contribution is 7.88. The topological polar surface area (TPSA) is 113 Å². The molecule has 2 aliphatic rings. The summed E-state index contributed by atoms with van der Waals surface area (Å²) in [7, 11) is -3.14. The lowest BCUT2D eigenvalue weighted by molar-refractivity contribution is 0.0732. The SMILES string of the molecule is CS(=O)(=O)N1CCN(c2cc(C3CC(O)C3)nc(N)n2)CC1. The number of anilines is 2. The van der Waals surface area contributed by atoms with Crippen LogP contribution in [0.3, 0.4) is 0 Å². The van der Waals surface area contributed by atoms with Crippen molar-refractivity contribution in [3.8, 4) is 0 Å². The van der Waals surface area contributed by atoms with Crippen LogP contribution in [0.25, 0.3) is 0 Å². The van der Waals surface area contributed by atoms with Gasteiger partial charge in [0, 0.05) is 38.2 Å². The fourth-order valence-corrected chi connectivity index (χ4v) is 3.75. The number of rotatable bonds is 3. The minimum atomic E-state index is -3.14. The third-order valence-corrected chi connectivity index (χ3v) is 5.62. The molecule has 3 rings (SSSR count). The molecule has 1 aromatic rings. The molecule has 8 nitrogen and oxygen atoms in total. The quantitative estimate of drug-likeness (QED) is 0.760. The molecule has 2 heterocycles. The van der Waals surface area contributed by atoms with Crippen molar-refractivity contribution in [3.05, 3.63) is 11.8 Å². The summed E-state index contributed by atoms with van der Waals surface area (Å²) >= 11 is 0. The highest BCUT2D eigenvalue weighted by atomic mass is 32.2. The van der Waals surface area contributed by atoms with Gasteiger partial charge in [-0.05, 0) is 12.8 Å². The molecule has 1 saturated carbocycles. The van der Waals surface area contributed by atoms with Gasteiger partial charge in [0.2, 0.25) is 16.0 Å². The van der Waals surface area contributed by atoms with Crippen molar-refractivity contribution in [2.24, 2.45) is 0 Å². The zero-order valence-electron chi connectivity index (χ0n) is 12.5. The first-order chi connectivity index (χ1) is 10.3. The largest absolute Gasteiger partial charge is 0.393 e. The standard InChI is InChI=1S/C13H21N5O3S/c1-22(20,21)18-4-2-17(3-5-18)12-8-11(15-13(14)16-12)9-6-10(19)7-9/h8-10,19H,2-7H2,1H3,(H2,14,15,16). The maximum atomic E-state index is 11.5. The van der Waals surface area contributed by atoms with Crippen LogP contribution < -0.4 is 10.6 Å². The van der Waals surface area contributed by atoms with Crippen LogP contribution in [-0.2, 0) is 10.0 Å². The fourth-order valence-electron chi connectivity index (χ4n) is 2.92. The van der Waals surface area contributed by atoms with Gasteiger partial charge in [-0.3, -0.25) is 0 Å². The molecule has 1 saturated heterocycles. The average Bonchev–Trinajstić information content (AvgIpc) is 2.42. The lowest BCUT2D eigenvalue weighted by atomic mass is 9.80. The van der Waals surface area contributed by atoms with Gasteiger partial charge >= 0.3 is 0 Å². The summed E-state index contributed by atoms with van der Waals surface area (Å²) in [6.07, 6.45) is 2.39. The van der Waals surface area contributed by atoms with E-state index >= 15 is 0 Å². The molecule has 1 aromatic heterocycles. The summed E-state index contributed by atoms with van der Waals surface area (Å²) in [5.41, 5.74) is 6.66. The van der Waals surface area contributed by atoms with E-state index in [1.165, 1.54) is 10.6 Å². The van der Waals surface area contributed by atoms with E-state index in [1.807, 2.05) is 11.0 Å². The summed E-state index contributed by atoms with van der Waals surface area (Å²) < 4.78 is 24.6. The second-order valence-electron chi connectivity index (χ2n) is 5.98. The van der Waals surface area contributed by atoms with Gasteiger partial charge in [0.05, 0.1) is 18.1 Å². The zero-order chi connectivity index (χ0) is 15.9. The smallest absolute Gasteiger partial charge is 0.222 e. The third kappa shape index (κ3) is 3.16. The van der Waals surface area contributed by atoms with Crippen LogP contribution >= 0.6 is 0 Å². The van der Waals surface area contributed by atoms with Crippen molar-refractivity contribution in [1.82, 2.24) is 14.3 Å². The summed E-state index contributed by atoms with van der Waals surface area (Å²) in [5, 5.41) is 9.42. The van der Waals surface area contributed by atoms with Gasteiger partial charge < -0.3 is 15.7 Å². The van der Waals surface area contributed by atoms with Crippen molar-refractivity contribution in [3.63, 3.8) is 0 Å². The molecule has 0 aromatic carbocycles. The minimum Gasteiger partial charge on any atom is -0.393 e. The Labute approximate surface area is 130 Å². The second-order valence-corrected chi connectivity index (χ2v) is 7.96. The molecular formula is C13H21N5O3S. The number of aliphatic hydroxyl groups excluding tert-OH is 1. The molecule has 0 unspecified atom stereocenters. The Morgan fingerprint density at radius 1 is 1.23 bits per heavy atom. The molecule has 0 spiro atoms. The van der Waals surface area contributed by atoms with E-state index in [-0.39, 0.29) is 18.0 Å². The summed E-state index contributed by atoms with van der Waals surface area (Å²) in [5.74, 6) is 1.19. The van der Waals surface area contributed by atoms with Crippen LogP contribution in [0.5, 0.6) is 0 Å². The van der Waals surface area contributed by atoms with Crippen LogP contribution in [0.4, 0.5) is 11.8 Å². The Morgan fingerprint density at radius 2 is 1.86 bits per heavy atom. The van der Waals surface area contributed by atoms with Crippen LogP contribution in [0, 0.1) is 0 Å². The van der Waals surface area contributed by atoms with Crippen LogP contribution in [0.15, 0.2) is 6.07 Å². The minimum absolute atomic E-state index is 0.222. The van der Waals surface area contributed by atoms with Crippen LogP contribution in [0.1, 0.15) is 24.5 Å². The Hall–Kier alpha value is -1.45. The predicted molar refractivity (Wildman–Crippen MR) is 83.1 cm³/mol. The maximum Gasteiger partial charge on any atom is 0.222 e. The molecule has 0 amide bonds. The first-order valence-corrected chi connectivity index (χ1v) is 9.20. The summed E-state index contributed by atoms with van der Waals surface area (Å²) in [6.45, 7) is 2.05. The molecule has 122 valence electrons. The molecular weight excluding hydrogens is 306 g/mol. The van der Waals surface area contributed by atoms with Gasteiger partial charge in [0.25, 0.3) is 0 Å². The van der Waals surface area contributed by atoms with Crippen molar-refractivity contribution in [2.75, 3.05) is 43.1 Å². The number of aromatic nitrogens is 2. The van der Waals surface area contributed by atoms with E-state index in [4.69, 9.17) is 5.73 Å². The summed E-state index contributed by atoms with van der Waals surface area (Å²) in [6, 6.07) is 1.91. The van der Waals surface area contributed by atoms with Crippen LogP contribution in [-0.4, -0.2) is 66.3 Å². The molecule has 22 heavy (non-hydrogen) atoms. The highest BCUT2D eigenvalue weighted by Gasteiger charge is 2.31. The number of nitrogen functional groups attached to an aromatic ring is 1. The monoisotopic (exact) mass is 327 g/mol. The normalized spacial score (nSPS) is 26.7. The predicted octanol–water partition coefficient (Wildman–Crippen LogP) is -0.621. The molecule has 3 N–H and O–H groups in total. The lowest BCUT2D eigenvalue weighted by Gasteiger charge is -2.35. The number of sulfonamides is 1. The zero-order valence-corrected chi connectivity index (χ0v) is 13.3. The van der Waals surface area contributed by atoms with E-state index in [0.717, 1.165) is 11.5 Å². The van der Waals surface area contributed by atoms with E-state index < -0.39 is 10.0 Å². The third-order valence-electron chi connectivity index (χ3n) is 4.31. The molecule has 0 radical (unpaired) electrons. The number of hydrogen-bond donors (Lipinski definition) is 2. The number of piperazine rings is 1. The van der Waals surface area contributed by atoms with Crippen LogP contribution in [0.2, 0.25) is 0 Å². The Bertz CT molecular complexity index is 652. The Kier molecular flexibility index (Phi) is 3.96. The summed E-state index contributed by atoms with van der Waals surface area (Å²) in [4.78, 5) is 10.6. The Morgan fingerprint density at radius 3 is 2.41 bits per heavy atom. The number of nitrogens with two attached hydrogens (primary N) is 1.